The number of nitrogens with zero attached hydrogens (tertiary/aromatic N) is 1. The van der Waals surface area contributed by atoms with Crippen molar-refractivity contribution in [3.63, 3.8) is 0 Å². The topological polar surface area (TPSA) is 41.6 Å². The van der Waals surface area contributed by atoms with Crippen LogP contribution in [-0.2, 0) is 16.1 Å². The average molecular weight is 264 g/mol. The highest BCUT2D eigenvalue weighted by atomic mass is 16.5. The first kappa shape index (κ1) is 15.5. The van der Waals surface area contributed by atoms with Crippen molar-refractivity contribution in [2.45, 2.75) is 33.4 Å². The lowest BCUT2D eigenvalue weighted by Crippen LogP contribution is -2.27. The molecule has 4 heteroatoms. The van der Waals surface area contributed by atoms with Crippen molar-refractivity contribution >= 4 is 11.7 Å². The third kappa shape index (κ3) is 4.91. The first-order valence-corrected chi connectivity index (χ1v) is 6.76. The molecule has 0 aromatic heterocycles. The normalized spacial score (nSPS) is 12.3. The van der Waals surface area contributed by atoms with Crippen LogP contribution in [0.3, 0.4) is 0 Å². The molecule has 1 aromatic rings. The van der Waals surface area contributed by atoms with E-state index in [4.69, 9.17) is 4.74 Å². The maximum atomic E-state index is 11.4. The lowest BCUT2D eigenvalue weighted by Gasteiger charge is -2.19. The largest absolute Gasteiger partial charge is 0.467 e. The summed E-state index contributed by atoms with van der Waals surface area (Å²) in [6.45, 7) is 9.10. The summed E-state index contributed by atoms with van der Waals surface area (Å²) < 4.78 is 4.70. The number of methoxy groups -OCH3 is 1. The molecule has 0 aliphatic rings. The summed E-state index contributed by atoms with van der Waals surface area (Å²) in [4.78, 5) is 13.7. The predicted molar refractivity (Wildman–Crippen MR) is 78.2 cm³/mol. The summed E-state index contributed by atoms with van der Waals surface area (Å²) >= 11 is 0. The van der Waals surface area contributed by atoms with Gasteiger partial charge in [-0.05, 0) is 37.7 Å². The molecule has 1 atom stereocenters. The second kappa shape index (κ2) is 7.79. The van der Waals surface area contributed by atoms with Gasteiger partial charge in [0.1, 0.15) is 6.04 Å². The summed E-state index contributed by atoms with van der Waals surface area (Å²) in [7, 11) is 1.40. The smallest absolute Gasteiger partial charge is 0.327 e. The molecule has 0 aliphatic heterocycles. The summed E-state index contributed by atoms with van der Waals surface area (Å²) in [6, 6.07) is 7.81. The Morgan fingerprint density at radius 3 is 2.63 bits per heavy atom. The Labute approximate surface area is 115 Å². The van der Waals surface area contributed by atoms with Crippen molar-refractivity contribution in [1.29, 1.82) is 0 Å². The predicted octanol–water partition coefficient (Wildman–Crippen LogP) is 2.50. The van der Waals surface area contributed by atoms with Gasteiger partial charge in [-0.3, -0.25) is 4.90 Å². The molecule has 0 amide bonds. The van der Waals surface area contributed by atoms with E-state index in [2.05, 4.69) is 36.2 Å². The van der Waals surface area contributed by atoms with Crippen molar-refractivity contribution in [3.05, 3.63) is 29.8 Å². The molecule has 1 N–H and O–H groups in total. The molecule has 1 unspecified atom stereocenters. The van der Waals surface area contributed by atoms with Gasteiger partial charge in [0.15, 0.2) is 0 Å². The van der Waals surface area contributed by atoms with Crippen molar-refractivity contribution in [1.82, 2.24) is 4.90 Å². The monoisotopic (exact) mass is 264 g/mol. The zero-order valence-electron chi connectivity index (χ0n) is 12.3. The van der Waals surface area contributed by atoms with E-state index in [0.29, 0.717) is 0 Å². The molecule has 0 bridgehead atoms. The van der Waals surface area contributed by atoms with Gasteiger partial charge >= 0.3 is 5.97 Å². The molecular formula is C15H24N2O2. The molecule has 0 spiro atoms. The van der Waals surface area contributed by atoms with Crippen LogP contribution in [0.5, 0.6) is 0 Å². The summed E-state index contributed by atoms with van der Waals surface area (Å²) in [5, 5.41) is 3.15. The maximum absolute atomic E-state index is 11.4. The number of carbonyl (C=O) groups excluding carboxylic acids is 1. The molecular weight excluding hydrogens is 240 g/mol. The zero-order valence-corrected chi connectivity index (χ0v) is 12.3. The quantitative estimate of drug-likeness (QED) is 0.768. The van der Waals surface area contributed by atoms with Crippen LogP contribution in [0.2, 0.25) is 0 Å². The minimum Gasteiger partial charge on any atom is -0.467 e. The Morgan fingerprint density at radius 1 is 1.37 bits per heavy atom. The van der Waals surface area contributed by atoms with Crippen LogP contribution in [0.25, 0.3) is 0 Å². The standard InChI is InChI=1S/C15H24N2O2/c1-5-17(6-2)11-13-8-7-9-14(10-13)16-12(3)15(18)19-4/h7-10,12,16H,5-6,11H2,1-4H3. The number of hydrogen-bond donors (Lipinski definition) is 1. The second-order valence-corrected chi connectivity index (χ2v) is 4.55. The van der Waals surface area contributed by atoms with Crippen molar-refractivity contribution in [2.75, 3.05) is 25.5 Å². The molecule has 0 heterocycles. The highest BCUT2D eigenvalue weighted by molar-refractivity contribution is 5.78. The van der Waals surface area contributed by atoms with E-state index < -0.39 is 0 Å². The zero-order chi connectivity index (χ0) is 14.3. The van der Waals surface area contributed by atoms with Crippen LogP contribution in [0.1, 0.15) is 26.3 Å². The van der Waals surface area contributed by atoms with Gasteiger partial charge < -0.3 is 10.1 Å². The molecule has 0 radical (unpaired) electrons. The van der Waals surface area contributed by atoms with Gasteiger partial charge in [-0.2, -0.15) is 0 Å². The fourth-order valence-corrected chi connectivity index (χ4v) is 1.95. The number of carbonyl (C=O) groups is 1. The average Bonchev–Trinajstić information content (AvgIpc) is 2.44. The second-order valence-electron chi connectivity index (χ2n) is 4.55. The number of esters is 1. The lowest BCUT2D eigenvalue weighted by molar-refractivity contribution is -0.141. The molecule has 4 nitrogen and oxygen atoms in total. The number of benzene rings is 1. The van der Waals surface area contributed by atoms with Gasteiger partial charge in [-0.15, -0.1) is 0 Å². The molecule has 0 fully saturated rings. The minimum atomic E-state index is -0.339. The van der Waals surface area contributed by atoms with Crippen LogP contribution in [0, 0.1) is 0 Å². The van der Waals surface area contributed by atoms with Crippen LogP contribution < -0.4 is 5.32 Å². The van der Waals surface area contributed by atoms with E-state index in [1.165, 1.54) is 12.7 Å². The molecule has 19 heavy (non-hydrogen) atoms. The van der Waals surface area contributed by atoms with E-state index in [1.54, 1.807) is 6.92 Å². The Hall–Kier alpha value is -1.55. The van der Waals surface area contributed by atoms with Crippen LogP contribution >= 0.6 is 0 Å². The van der Waals surface area contributed by atoms with Gasteiger partial charge in [0.25, 0.3) is 0 Å². The van der Waals surface area contributed by atoms with Gasteiger partial charge in [0.2, 0.25) is 0 Å². The number of nitrogens with one attached hydrogen (secondary N) is 1. The van der Waals surface area contributed by atoms with Crippen molar-refractivity contribution < 1.29 is 9.53 Å². The first-order valence-electron chi connectivity index (χ1n) is 6.76. The Bertz CT molecular complexity index is 403. The fraction of sp³-hybridized carbons (Fsp3) is 0.533. The van der Waals surface area contributed by atoms with E-state index in [-0.39, 0.29) is 12.0 Å². The Kier molecular flexibility index (Phi) is 6.36. The number of ether oxygens (including phenoxy) is 1. The SMILES string of the molecule is CCN(CC)Cc1cccc(NC(C)C(=O)OC)c1. The highest BCUT2D eigenvalue weighted by Gasteiger charge is 2.12. The summed E-state index contributed by atoms with van der Waals surface area (Å²) in [6.07, 6.45) is 0. The fourth-order valence-electron chi connectivity index (χ4n) is 1.95. The van der Waals surface area contributed by atoms with Gasteiger partial charge in [-0.25, -0.2) is 4.79 Å². The molecule has 1 aromatic carbocycles. The summed E-state index contributed by atoms with van der Waals surface area (Å²) in [5.41, 5.74) is 2.19. The van der Waals surface area contributed by atoms with Crippen LogP contribution in [0.4, 0.5) is 5.69 Å². The van der Waals surface area contributed by atoms with Gasteiger partial charge in [0, 0.05) is 12.2 Å². The molecule has 0 aliphatic carbocycles. The van der Waals surface area contributed by atoms with E-state index in [9.17, 15) is 4.79 Å². The van der Waals surface area contributed by atoms with E-state index in [0.717, 1.165) is 25.3 Å². The van der Waals surface area contributed by atoms with Gasteiger partial charge in [-0.1, -0.05) is 26.0 Å². The van der Waals surface area contributed by atoms with Gasteiger partial charge in [0.05, 0.1) is 7.11 Å². The molecule has 106 valence electrons. The number of hydrogen-bond acceptors (Lipinski definition) is 4. The Morgan fingerprint density at radius 2 is 2.05 bits per heavy atom. The van der Waals surface area contributed by atoms with Crippen molar-refractivity contribution in [3.8, 4) is 0 Å². The first-order chi connectivity index (χ1) is 9.10. The van der Waals surface area contributed by atoms with Crippen LogP contribution in [0.15, 0.2) is 24.3 Å². The van der Waals surface area contributed by atoms with E-state index in [1.807, 2.05) is 12.1 Å². The number of rotatable bonds is 7. The third-order valence-corrected chi connectivity index (χ3v) is 3.17. The molecule has 0 saturated carbocycles. The number of anilines is 1. The Balaban J connectivity index is 2.69. The maximum Gasteiger partial charge on any atom is 0.327 e. The summed E-state index contributed by atoms with van der Waals surface area (Å²) in [5.74, 6) is -0.255. The van der Waals surface area contributed by atoms with Crippen molar-refractivity contribution in [2.24, 2.45) is 0 Å². The lowest BCUT2D eigenvalue weighted by atomic mass is 10.1. The highest BCUT2D eigenvalue weighted by Crippen LogP contribution is 2.14. The van der Waals surface area contributed by atoms with Crippen LogP contribution in [-0.4, -0.2) is 37.1 Å². The molecule has 1 rings (SSSR count). The van der Waals surface area contributed by atoms with E-state index >= 15 is 0 Å². The molecule has 0 saturated heterocycles. The minimum absolute atomic E-state index is 0.255. The third-order valence-electron chi connectivity index (χ3n) is 3.17.